The maximum atomic E-state index is 11.9. The highest BCUT2D eigenvalue weighted by Gasteiger charge is 2.08. The third-order valence-electron chi connectivity index (χ3n) is 3.03. The smallest absolute Gasteiger partial charge is 0.252 e. The summed E-state index contributed by atoms with van der Waals surface area (Å²) in [5.41, 5.74) is 8.12. The van der Waals surface area contributed by atoms with Gasteiger partial charge in [0.05, 0.1) is 10.6 Å². The number of carbonyl (C=O) groups is 1. The third kappa shape index (κ3) is 4.00. The Labute approximate surface area is 123 Å². The van der Waals surface area contributed by atoms with Crippen molar-refractivity contribution in [2.75, 3.05) is 12.3 Å². The van der Waals surface area contributed by atoms with Gasteiger partial charge in [-0.05, 0) is 42.7 Å². The maximum Gasteiger partial charge on any atom is 0.252 e. The molecule has 0 radical (unpaired) electrons. The van der Waals surface area contributed by atoms with E-state index in [2.05, 4.69) is 5.32 Å². The number of hydrogen-bond donors (Lipinski definition) is 2. The first-order valence-corrected chi connectivity index (χ1v) is 6.92. The minimum Gasteiger partial charge on any atom is -0.399 e. The molecule has 104 valence electrons. The molecule has 2 aromatic carbocycles. The Bertz CT molecular complexity index is 581. The van der Waals surface area contributed by atoms with Gasteiger partial charge in [0.15, 0.2) is 0 Å². The van der Waals surface area contributed by atoms with Crippen LogP contribution in [-0.4, -0.2) is 12.5 Å². The summed E-state index contributed by atoms with van der Waals surface area (Å²) < 4.78 is 0. The van der Waals surface area contributed by atoms with Gasteiger partial charge in [0.1, 0.15) is 0 Å². The van der Waals surface area contributed by atoms with E-state index in [9.17, 15) is 4.79 Å². The second-order valence-electron chi connectivity index (χ2n) is 4.58. The van der Waals surface area contributed by atoms with E-state index in [1.165, 1.54) is 5.56 Å². The lowest BCUT2D eigenvalue weighted by Gasteiger charge is -2.07. The fraction of sp³-hybridized carbons (Fsp3) is 0.188. The van der Waals surface area contributed by atoms with Crippen molar-refractivity contribution in [3.63, 3.8) is 0 Å². The van der Waals surface area contributed by atoms with Gasteiger partial charge in [0.25, 0.3) is 5.91 Å². The molecule has 0 aromatic heterocycles. The van der Waals surface area contributed by atoms with Crippen molar-refractivity contribution in [2.45, 2.75) is 12.8 Å². The van der Waals surface area contributed by atoms with Gasteiger partial charge in [-0.2, -0.15) is 0 Å². The van der Waals surface area contributed by atoms with E-state index < -0.39 is 0 Å². The molecule has 0 saturated heterocycles. The lowest BCUT2D eigenvalue weighted by atomic mass is 10.1. The van der Waals surface area contributed by atoms with Crippen LogP contribution in [0.5, 0.6) is 0 Å². The van der Waals surface area contributed by atoms with Gasteiger partial charge < -0.3 is 11.1 Å². The summed E-state index contributed by atoms with van der Waals surface area (Å²) in [6, 6.07) is 14.8. The number of nitrogens with one attached hydrogen (secondary N) is 1. The average molecular weight is 289 g/mol. The number of halogens is 1. The van der Waals surface area contributed by atoms with Crippen LogP contribution in [0.4, 0.5) is 5.69 Å². The van der Waals surface area contributed by atoms with E-state index in [4.69, 9.17) is 17.3 Å². The standard InChI is InChI=1S/C16H17ClN2O/c17-15-6-2-1-5-14(15)16(20)19-11-3-4-12-7-9-13(18)10-8-12/h1-2,5-10H,3-4,11,18H2,(H,19,20). The summed E-state index contributed by atoms with van der Waals surface area (Å²) >= 11 is 5.97. The molecule has 3 N–H and O–H groups in total. The topological polar surface area (TPSA) is 55.1 Å². The van der Waals surface area contributed by atoms with E-state index in [0.717, 1.165) is 18.5 Å². The zero-order chi connectivity index (χ0) is 14.4. The molecular formula is C16H17ClN2O. The number of nitrogen functional groups attached to an aromatic ring is 1. The first-order valence-electron chi connectivity index (χ1n) is 6.54. The lowest BCUT2D eigenvalue weighted by molar-refractivity contribution is 0.0953. The Morgan fingerprint density at radius 1 is 1.10 bits per heavy atom. The highest BCUT2D eigenvalue weighted by Crippen LogP contribution is 2.14. The fourth-order valence-electron chi connectivity index (χ4n) is 1.92. The third-order valence-corrected chi connectivity index (χ3v) is 3.36. The molecule has 2 aromatic rings. The number of anilines is 1. The average Bonchev–Trinajstić information content (AvgIpc) is 2.46. The molecule has 0 heterocycles. The molecule has 0 fully saturated rings. The van der Waals surface area contributed by atoms with E-state index >= 15 is 0 Å². The molecule has 20 heavy (non-hydrogen) atoms. The number of carbonyl (C=O) groups excluding carboxylic acids is 1. The van der Waals surface area contributed by atoms with Crippen molar-refractivity contribution >= 4 is 23.2 Å². The molecule has 0 unspecified atom stereocenters. The van der Waals surface area contributed by atoms with Crippen LogP contribution in [0.2, 0.25) is 5.02 Å². The summed E-state index contributed by atoms with van der Waals surface area (Å²) in [5, 5.41) is 3.35. The molecule has 4 heteroatoms. The van der Waals surface area contributed by atoms with Gasteiger partial charge in [0.2, 0.25) is 0 Å². The van der Waals surface area contributed by atoms with Gasteiger partial charge in [-0.1, -0.05) is 35.9 Å². The summed E-state index contributed by atoms with van der Waals surface area (Å²) in [7, 11) is 0. The molecule has 0 aliphatic rings. The second-order valence-corrected chi connectivity index (χ2v) is 4.99. The lowest BCUT2D eigenvalue weighted by Crippen LogP contribution is -2.25. The Kier molecular flexibility index (Phi) is 5.02. The molecule has 0 spiro atoms. The van der Waals surface area contributed by atoms with Crippen LogP contribution in [-0.2, 0) is 6.42 Å². The van der Waals surface area contributed by atoms with Crippen molar-refractivity contribution in [1.29, 1.82) is 0 Å². The first-order chi connectivity index (χ1) is 9.66. The normalized spacial score (nSPS) is 10.2. The summed E-state index contributed by atoms with van der Waals surface area (Å²) in [6.45, 7) is 0.619. The predicted octanol–water partition coefficient (Wildman–Crippen LogP) is 3.28. The minimum absolute atomic E-state index is 0.132. The highest BCUT2D eigenvalue weighted by atomic mass is 35.5. The summed E-state index contributed by atoms with van der Waals surface area (Å²) in [6.07, 6.45) is 1.78. The Morgan fingerprint density at radius 2 is 1.80 bits per heavy atom. The first kappa shape index (κ1) is 14.4. The number of rotatable bonds is 5. The molecule has 3 nitrogen and oxygen atoms in total. The quantitative estimate of drug-likeness (QED) is 0.655. The van der Waals surface area contributed by atoms with E-state index in [1.54, 1.807) is 24.3 Å². The molecular weight excluding hydrogens is 272 g/mol. The molecule has 0 saturated carbocycles. The van der Waals surface area contributed by atoms with Crippen molar-refractivity contribution in [3.05, 3.63) is 64.7 Å². The number of amides is 1. The SMILES string of the molecule is Nc1ccc(CCCNC(=O)c2ccccc2Cl)cc1. The fourth-order valence-corrected chi connectivity index (χ4v) is 2.14. The largest absolute Gasteiger partial charge is 0.399 e. The van der Waals surface area contributed by atoms with Crippen LogP contribution in [0.3, 0.4) is 0 Å². The number of benzene rings is 2. The van der Waals surface area contributed by atoms with Gasteiger partial charge in [0, 0.05) is 12.2 Å². The summed E-state index contributed by atoms with van der Waals surface area (Å²) in [5.74, 6) is -0.132. The van der Waals surface area contributed by atoms with Crippen LogP contribution in [0, 0.1) is 0 Å². The zero-order valence-electron chi connectivity index (χ0n) is 11.1. The molecule has 2 rings (SSSR count). The Hall–Kier alpha value is -2.00. The highest BCUT2D eigenvalue weighted by molar-refractivity contribution is 6.33. The molecule has 0 atom stereocenters. The van der Waals surface area contributed by atoms with Crippen molar-refractivity contribution in [1.82, 2.24) is 5.32 Å². The minimum atomic E-state index is -0.132. The van der Waals surface area contributed by atoms with Crippen molar-refractivity contribution in [2.24, 2.45) is 0 Å². The maximum absolute atomic E-state index is 11.9. The number of hydrogen-bond acceptors (Lipinski definition) is 2. The summed E-state index contributed by atoms with van der Waals surface area (Å²) in [4.78, 5) is 11.9. The van der Waals surface area contributed by atoms with Crippen molar-refractivity contribution in [3.8, 4) is 0 Å². The van der Waals surface area contributed by atoms with Gasteiger partial charge in [-0.15, -0.1) is 0 Å². The van der Waals surface area contributed by atoms with E-state index in [-0.39, 0.29) is 5.91 Å². The monoisotopic (exact) mass is 288 g/mol. The van der Waals surface area contributed by atoms with Crippen LogP contribution < -0.4 is 11.1 Å². The molecule has 0 aliphatic carbocycles. The second kappa shape index (κ2) is 6.96. The molecule has 0 aliphatic heterocycles. The molecule has 0 bridgehead atoms. The van der Waals surface area contributed by atoms with E-state index in [0.29, 0.717) is 17.1 Å². The van der Waals surface area contributed by atoms with Crippen LogP contribution >= 0.6 is 11.6 Å². The van der Waals surface area contributed by atoms with Gasteiger partial charge >= 0.3 is 0 Å². The van der Waals surface area contributed by atoms with Crippen molar-refractivity contribution < 1.29 is 4.79 Å². The van der Waals surface area contributed by atoms with Gasteiger partial charge in [-0.3, -0.25) is 4.79 Å². The van der Waals surface area contributed by atoms with Crippen LogP contribution in [0.25, 0.3) is 0 Å². The molecule has 1 amide bonds. The predicted molar refractivity (Wildman–Crippen MR) is 83.0 cm³/mol. The van der Waals surface area contributed by atoms with Crippen LogP contribution in [0.15, 0.2) is 48.5 Å². The zero-order valence-corrected chi connectivity index (χ0v) is 11.9. The van der Waals surface area contributed by atoms with Gasteiger partial charge in [-0.25, -0.2) is 0 Å². The Balaban J connectivity index is 1.77. The Morgan fingerprint density at radius 3 is 2.50 bits per heavy atom. The number of aryl methyl sites for hydroxylation is 1. The number of nitrogens with two attached hydrogens (primary N) is 1. The van der Waals surface area contributed by atoms with Crippen LogP contribution in [0.1, 0.15) is 22.3 Å². The van der Waals surface area contributed by atoms with E-state index in [1.807, 2.05) is 24.3 Å².